The van der Waals surface area contributed by atoms with E-state index in [0.717, 1.165) is 5.56 Å². The molecule has 1 heterocycles. The Hall–Kier alpha value is -1.91. The van der Waals surface area contributed by atoms with Crippen LogP contribution in [-0.4, -0.2) is 22.0 Å². The zero-order chi connectivity index (χ0) is 12.3. The number of hydrogen-bond donors (Lipinski definition) is 2. The van der Waals surface area contributed by atoms with E-state index < -0.39 is 17.3 Å². The lowest BCUT2D eigenvalue weighted by molar-refractivity contribution is -0.151. The first-order chi connectivity index (χ1) is 7.35. The van der Waals surface area contributed by atoms with Crippen LogP contribution in [0.2, 0.25) is 0 Å². The van der Waals surface area contributed by atoms with Crippen LogP contribution in [0.1, 0.15) is 19.4 Å². The molecule has 2 N–H and O–H groups in total. The van der Waals surface area contributed by atoms with Gasteiger partial charge in [0.05, 0.1) is 0 Å². The monoisotopic (exact) mass is 222 g/mol. The molecule has 0 saturated heterocycles. The molecule has 1 amide bonds. The molecule has 1 rings (SSSR count). The lowest BCUT2D eigenvalue weighted by Gasteiger charge is -2.18. The number of aryl methyl sites for hydroxylation is 1. The fourth-order valence-corrected chi connectivity index (χ4v) is 0.977. The Morgan fingerprint density at radius 2 is 2.06 bits per heavy atom. The summed E-state index contributed by atoms with van der Waals surface area (Å²) in [5.41, 5.74) is -0.679. The van der Waals surface area contributed by atoms with Crippen LogP contribution in [0.5, 0.6) is 0 Å². The summed E-state index contributed by atoms with van der Waals surface area (Å²) in [7, 11) is 0. The minimum atomic E-state index is -1.47. The van der Waals surface area contributed by atoms with Crippen LogP contribution in [0.3, 0.4) is 0 Å². The van der Waals surface area contributed by atoms with Crippen molar-refractivity contribution >= 4 is 17.7 Å². The van der Waals surface area contributed by atoms with Gasteiger partial charge in [0.15, 0.2) is 0 Å². The molecule has 1 aromatic rings. The topological polar surface area (TPSA) is 79.3 Å². The molecule has 0 saturated carbocycles. The van der Waals surface area contributed by atoms with Gasteiger partial charge in [-0.05, 0) is 32.4 Å². The highest BCUT2D eigenvalue weighted by atomic mass is 16.4. The largest absolute Gasteiger partial charge is 0.480 e. The lowest BCUT2D eigenvalue weighted by atomic mass is 9.92. The molecule has 0 aliphatic rings. The highest BCUT2D eigenvalue weighted by Crippen LogP contribution is 2.19. The van der Waals surface area contributed by atoms with Gasteiger partial charge in [-0.15, -0.1) is 0 Å². The number of aliphatic carboxylic acids is 1. The molecule has 0 aliphatic heterocycles. The quantitative estimate of drug-likeness (QED) is 0.758. The minimum absolute atomic E-state index is 0.391. The summed E-state index contributed by atoms with van der Waals surface area (Å²) < 4.78 is 0. The average Bonchev–Trinajstić information content (AvgIpc) is 2.21. The Kier molecular flexibility index (Phi) is 3.27. The van der Waals surface area contributed by atoms with E-state index >= 15 is 0 Å². The van der Waals surface area contributed by atoms with Gasteiger partial charge in [-0.25, -0.2) is 4.98 Å². The Bertz CT molecular complexity index is 427. The van der Waals surface area contributed by atoms with Gasteiger partial charge in [0.2, 0.25) is 5.91 Å². The third-order valence-electron chi connectivity index (χ3n) is 2.34. The molecule has 0 aromatic carbocycles. The fourth-order valence-electron chi connectivity index (χ4n) is 0.977. The van der Waals surface area contributed by atoms with E-state index in [1.165, 1.54) is 20.0 Å². The standard InChI is InChI=1S/C11H14N2O3/c1-7-5-4-6-12-8(7)13-9(14)11(2,3)10(15)16/h4-6H,1-3H3,(H,15,16)(H,12,13,14). The fraction of sp³-hybridized carbons (Fsp3) is 0.364. The third-order valence-corrected chi connectivity index (χ3v) is 2.34. The van der Waals surface area contributed by atoms with Crippen molar-refractivity contribution in [1.82, 2.24) is 4.98 Å². The van der Waals surface area contributed by atoms with E-state index in [0.29, 0.717) is 5.82 Å². The molecule has 0 atom stereocenters. The highest BCUT2D eigenvalue weighted by molar-refractivity contribution is 6.07. The zero-order valence-electron chi connectivity index (χ0n) is 9.44. The molecular formula is C11H14N2O3. The number of amides is 1. The van der Waals surface area contributed by atoms with Crippen LogP contribution in [0.4, 0.5) is 5.82 Å². The van der Waals surface area contributed by atoms with Crippen molar-refractivity contribution < 1.29 is 14.7 Å². The van der Waals surface area contributed by atoms with Gasteiger partial charge < -0.3 is 10.4 Å². The first kappa shape index (κ1) is 12.2. The summed E-state index contributed by atoms with van der Waals surface area (Å²) in [6.45, 7) is 4.49. The van der Waals surface area contributed by atoms with Crippen LogP contribution >= 0.6 is 0 Å². The molecule has 0 bridgehead atoms. The molecule has 5 heteroatoms. The van der Waals surface area contributed by atoms with Crippen molar-refractivity contribution in [2.24, 2.45) is 5.41 Å². The second kappa shape index (κ2) is 4.30. The molecule has 0 fully saturated rings. The van der Waals surface area contributed by atoms with Crippen molar-refractivity contribution in [1.29, 1.82) is 0 Å². The predicted molar refractivity (Wildman–Crippen MR) is 59.0 cm³/mol. The number of aromatic nitrogens is 1. The predicted octanol–water partition coefficient (Wildman–Crippen LogP) is 1.44. The Balaban J connectivity index is 2.88. The van der Waals surface area contributed by atoms with Crippen LogP contribution in [0.25, 0.3) is 0 Å². The van der Waals surface area contributed by atoms with Crippen molar-refractivity contribution in [3.63, 3.8) is 0 Å². The Labute approximate surface area is 93.5 Å². The SMILES string of the molecule is Cc1cccnc1NC(=O)C(C)(C)C(=O)O. The molecular weight excluding hydrogens is 208 g/mol. The molecule has 0 unspecified atom stereocenters. The van der Waals surface area contributed by atoms with Gasteiger partial charge in [0.25, 0.3) is 0 Å². The van der Waals surface area contributed by atoms with Gasteiger partial charge in [-0.1, -0.05) is 6.07 Å². The first-order valence-electron chi connectivity index (χ1n) is 4.82. The molecule has 1 aromatic heterocycles. The number of carboxylic acids is 1. The van der Waals surface area contributed by atoms with Crippen LogP contribution < -0.4 is 5.32 Å². The van der Waals surface area contributed by atoms with Crippen LogP contribution in [0, 0.1) is 12.3 Å². The number of nitrogens with one attached hydrogen (secondary N) is 1. The summed E-state index contributed by atoms with van der Waals surface area (Å²) in [6.07, 6.45) is 1.54. The number of carbonyl (C=O) groups excluding carboxylic acids is 1. The lowest BCUT2D eigenvalue weighted by Crippen LogP contribution is -2.38. The molecule has 86 valence electrons. The summed E-state index contributed by atoms with van der Waals surface area (Å²) in [6, 6.07) is 3.53. The molecule has 16 heavy (non-hydrogen) atoms. The van der Waals surface area contributed by atoms with Gasteiger partial charge in [0.1, 0.15) is 11.2 Å². The number of anilines is 1. The van der Waals surface area contributed by atoms with E-state index in [1.54, 1.807) is 19.1 Å². The molecule has 0 radical (unpaired) electrons. The Morgan fingerprint density at radius 3 is 2.56 bits per heavy atom. The number of hydrogen-bond acceptors (Lipinski definition) is 3. The maximum Gasteiger partial charge on any atom is 0.318 e. The second-order valence-corrected chi connectivity index (χ2v) is 4.05. The smallest absolute Gasteiger partial charge is 0.318 e. The summed E-state index contributed by atoms with van der Waals surface area (Å²) in [4.78, 5) is 26.5. The Morgan fingerprint density at radius 1 is 1.44 bits per heavy atom. The van der Waals surface area contributed by atoms with Crippen molar-refractivity contribution in [2.45, 2.75) is 20.8 Å². The van der Waals surface area contributed by atoms with Crippen molar-refractivity contribution in [2.75, 3.05) is 5.32 Å². The average molecular weight is 222 g/mol. The van der Waals surface area contributed by atoms with E-state index in [2.05, 4.69) is 10.3 Å². The zero-order valence-corrected chi connectivity index (χ0v) is 9.44. The molecule has 0 aliphatic carbocycles. The third kappa shape index (κ3) is 2.36. The highest BCUT2D eigenvalue weighted by Gasteiger charge is 2.36. The number of carbonyl (C=O) groups is 2. The van der Waals surface area contributed by atoms with E-state index in [1.807, 2.05) is 0 Å². The maximum absolute atomic E-state index is 11.7. The van der Waals surface area contributed by atoms with Gasteiger partial charge >= 0.3 is 5.97 Å². The van der Waals surface area contributed by atoms with Crippen molar-refractivity contribution in [3.8, 4) is 0 Å². The molecule has 5 nitrogen and oxygen atoms in total. The van der Waals surface area contributed by atoms with Gasteiger partial charge in [-0.3, -0.25) is 9.59 Å². The van der Waals surface area contributed by atoms with Gasteiger partial charge in [-0.2, -0.15) is 0 Å². The van der Waals surface area contributed by atoms with E-state index in [9.17, 15) is 9.59 Å². The number of pyridine rings is 1. The summed E-state index contributed by atoms with van der Waals surface area (Å²) in [5.74, 6) is -1.36. The molecule has 0 spiro atoms. The van der Waals surface area contributed by atoms with Crippen LogP contribution in [0.15, 0.2) is 18.3 Å². The minimum Gasteiger partial charge on any atom is -0.480 e. The number of carboxylic acid groups (broad SMARTS) is 1. The summed E-state index contributed by atoms with van der Waals surface area (Å²) >= 11 is 0. The second-order valence-electron chi connectivity index (χ2n) is 4.05. The maximum atomic E-state index is 11.7. The normalized spacial score (nSPS) is 10.9. The van der Waals surface area contributed by atoms with Crippen LogP contribution in [-0.2, 0) is 9.59 Å². The van der Waals surface area contributed by atoms with E-state index in [-0.39, 0.29) is 0 Å². The number of rotatable bonds is 3. The first-order valence-corrected chi connectivity index (χ1v) is 4.82. The number of nitrogens with zero attached hydrogens (tertiary/aromatic N) is 1. The summed E-state index contributed by atoms with van der Waals surface area (Å²) in [5, 5.41) is 11.4. The van der Waals surface area contributed by atoms with E-state index in [4.69, 9.17) is 5.11 Å². The van der Waals surface area contributed by atoms with Gasteiger partial charge in [0, 0.05) is 6.20 Å². The van der Waals surface area contributed by atoms with Crippen molar-refractivity contribution in [3.05, 3.63) is 23.9 Å².